The number of carboxylic acid groups (broad SMARTS) is 1. The summed E-state index contributed by atoms with van der Waals surface area (Å²) in [7, 11) is 0. The molecule has 0 fully saturated rings. The number of rotatable bonds is 14. The van der Waals surface area contributed by atoms with Gasteiger partial charge in [-0.05, 0) is 38.6 Å². The predicted octanol–water partition coefficient (Wildman–Crippen LogP) is -1.96. The lowest BCUT2D eigenvalue weighted by Gasteiger charge is -2.24. The normalized spacial score (nSPS) is 16.1. The van der Waals surface area contributed by atoms with Crippen LogP contribution in [0, 0.1) is 5.92 Å². The molecule has 9 N–H and O–H groups in total. The Hall–Kier alpha value is -2.24. The van der Waals surface area contributed by atoms with Crippen molar-refractivity contribution in [3.63, 3.8) is 0 Å². The molecule has 11 heteroatoms. The fourth-order valence-electron chi connectivity index (χ4n) is 2.44. The van der Waals surface area contributed by atoms with E-state index >= 15 is 0 Å². The van der Waals surface area contributed by atoms with Crippen LogP contribution < -0.4 is 27.4 Å². The molecule has 0 spiro atoms. The summed E-state index contributed by atoms with van der Waals surface area (Å²) in [5, 5.41) is 26.0. The largest absolute Gasteiger partial charge is 0.480 e. The van der Waals surface area contributed by atoms with Gasteiger partial charge in [0, 0.05) is 0 Å². The van der Waals surface area contributed by atoms with Crippen LogP contribution in [0.4, 0.5) is 0 Å². The summed E-state index contributed by atoms with van der Waals surface area (Å²) >= 11 is 0. The van der Waals surface area contributed by atoms with Crippen LogP contribution in [0.5, 0.6) is 0 Å². The molecule has 0 aliphatic rings. The third-order valence-electron chi connectivity index (χ3n) is 4.63. The maximum Gasteiger partial charge on any atom is 0.326 e. The minimum Gasteiger partial charge on any atom is -0.480 e. The topological polar surface area (TPSA) is 197 Å². The molecule has 0 radical (unpaired) electrons. The van der Waals surface area contributed by atoms with Crippen LogP contribution >= 0.6 is 0 Å². The molecule has 0 aromatic heterocycles. The Morgan fingerprint density at radius 1 is 1.03 bits per heavy atom. The molecule has 0 aliphatic heterocycles. The summed E-state index contributed by atoms with van der Waals surface area (Å²) in [6.07, 6.45) is 0.690. The van der Waals surface area contributed by atoms with Gasteiger partial charge in [0.2, 0.25) is 17.7 Å². The zero-order chi connectivity index (χ0) is 22.6. The van der Waals surface area contributed by atoms with E-state index < -0.39 is 54.5 Å². The number of nitrogens with one attached hydrogen (secondary N) is 3. The highest BCUT2D eigenvalue weighted by Gasteiger charge is 2.29. The Balaban J connectivity index is 4.79. The number of carbonyl (C=O) groups is 4. The Kier molecular flexibility index (Phi) is 12.8. The maximum absolute atomic E-state index is 12.4. The summed E-state index contributed by atoms with van der Waals surface area (Å²) < 4.78 is 0. The maximum atomic E-state index is 12.4. The lowest BCUT2D eigenvalue weighted by Crippen LogP contribution is -2.57. The van der Waals surface area contributed by atoms with E-state index in [9.17, 15) is 29.4 Å². The molecule has 0 saturated heterocycles. The highest BCUT2D eigenvalue weighted by Crippen LogP contribution is 2.05. The van der Waals surface area contributed by atoms with E-state index in [1.165, 1.54) is 6.92 Å². The number of aliphatic carboxylic acids is 1. The van der Waals surface area contributed by atoms with Gasteiger partial charge in [-0.25, -0.2) is 4.79 Å². The third-order valence-corrected chi connectivity index (χ3v) is 4.63. The molecule has 29 heavy (non-hydrogen) atoms. The van der Waals surface area contributed by atoms with Gasteiger partial charge in [-0.1, -0.05) is 20.3 Å². The minimum atomic E-state index is -1.38. The molecular formula is C18H35N5O6. The van der Waals surface area contributed by atoms with Crippen molar-refractivity contribution >= 4 is 23.7 Å². The van der Waals surface area contributed by atoms with Gasteiger partial charge in [-0.3, -0.25) is 14.4 Å². The fourth-order valence-corrected chi connectivity index (χ4v) is 2.44. The van der Waals surface area contributed by atoms with E-state index in [0.717, 1.165) is 0 Å². The molecule has 0 aromatic rings. The standard InChI is InChI=1S/C18H35N5O6/c1-4-10(2)14(20)16(26)21-9-13(25)23-15(11(3)24)17(27)22-12(18(28)29)7-5-6-8-19/h10-12,14-15,24H,4-9,19-20H2,1-3H3,(H,21,26)(H,22,27)(H,23,25)(H,28,29). The molecule has 0 aromatic carbocycles. The van der Waals surface area contributed by atoms with Gasteiger partial charge >= 0.3 is 5.97 Å². The molecule has 168 valence electrons. The second-order valence-electron chi connectivity index (χ2n) is 7.10. The van der Waals surface area contributed by atoms with Crippen molar-refractivity contribution in [3.05, 3.63) is 0 Å². The average molecular weight is 418 g/mol. The van der Waals surface area contributed by atoms with Gasteiger partial charge < -0.3 is 37.6 Å². The van der Waals surface area contributed by atoms with E-state index in [-0.39, 0.29) is 12.3 Å². The van der Waals surface area contributed by atoms with Crippen molar-refractivity contribution in [3.8, 4) is 0 Å². The average Bonchev–Trinajstić information content (AvgIpc) is 2.67. The number of hydrogen-bond acceptors (Lipinski definition) is 7. The fraction of sp³-hybridized carbons (Fsp3) is 0.778. The Morgan fingerprint density at radius 3 is 2.14 bits per heavy atom. The van der Waals surface area contributed by atoms with E-state index in [1.54, 1.807) is 0 Å². The van der Waals surface area contributed by atoms with Gasteiger partial charge in [-0.15, -0.1) is 0 Å². The molecule has 0 saturated carbocycles. The number of amides is 3. The number of aliphatic hydroxyl groups excluding tert-OH is 1. The van der Waals surface area contributed by atoms with E-state index in [0.29, 0.717) is 25.8 Å². The monoisotopic (exact) mass is 417 g/mol. The first-order valence-electron chi connectivity index (χ1n) is 9.79. The molecule has 5 unspecified atom stereocenters. The molecular weight excluding hydrogens is 382 g/mol. The van der Waals surface area contributed by atoms with Crippen LogP contribution in [0.15, 0.2) is 0 Å². The summed E-state index contributed by atoms with van der Waals surface area (Å²) in [5.41, 5.74) is 11.2. The second kappa shape index (κ2) is 13.9. The van der Waals surface area contributed by atoms with Crippen LogP contribution in [-0.2, 0) is 19.2 Å². The number of nitrogens with two attached hydrogens (primary N) is 2. The lowest BCUT2D eigenvalue weighted by molar-refractivity contribution is -0.143. The molecule has 5 atom stereocenters. The second-order valence-corrected chi connectivity index (χ2v) is 7.10. The minimum absolute atomic E-state index is 0.0683. The quantitative estimate of drug-likeness (QED) is 0.158. The molecule has 0 rings (SSSR count). The van der Waals surface area contributed by atoms with Gasteiger partial charge in [0.1, 0.15) is 12.1 Å². The summed E-state index contributed by atoms with van der Waals surface area (Å²) in [6, 6.07) is -3.31. The number of carbonyl (C=O) groups excluding carboxylic acids is 3. The van der Waals surface area contributed by atoms with Crippen molar-refractivity contribution in [1.82, 2.24) is 16.0 Å². The van der Waals surface area contributed by atoms with Gasteiger partial charge in [0.05, 0.1) is 18.7 Å². The number of unbranched alkanes of at least 4 members (excludes halogenated alkanes) is 1. The summed E-state index contributed by atoms with van der Waals surface area (Å²) in [5.74, 6) is -3.35. The van der Waals surface area contributed by atoms with E-state index in [2.05, 4.69) is 16.0 Å². The van der Waals surface area contributed by atoms with Crippen molar-refractivity contribution in [1.29, 1.82) is 0 Å². The predicted molar refractivity (Wildman–Crippen MR) is 107 cm³/mol. The number of hydrogen-bond donors (Lipinski definition) is 7. The van der Waals surface area contributed by atoms with Crippen molar-refractivity contribution in [2.45, 2.75) is 70.7 Å². The third kappa shape index (κ3) is 10.2. The number of aliphatic hydroxyl groups is 1. The first-order valence-corrected chi connectivity index (χ1v) is 9.79. The highest BCUT2D eigenvalue weighted by molar-refractivity contribution is 5.92. The Labute approximate surface area is 171 Å². The lowest BCUT2D eigenvalue weighted by atomic mass is 9.99. The Bertz CT molecular complexity index is 557. The molecule has 0 bridgehead atoms. The van der Waals surface area contributed by atoms with Crippen LogP contribution in [0.2, 0.25) is 0 Å². The van der Waals surface area contributed by atoms with Crippen LogP contribution in [0.3, 0.4) is 0 Å². The molecule has 11 nitrogen and oxygen atoms in total. The van der Waals surface area contributed by atoms with E-state index in [1.807, 2.05) is 13.8 Å². The van der Waals surface area contributed by atoms with Gasteiger partial charge in [0.25, 0.3) is 0 Å². The van der Waals surface area contributed by atoms with Crippen LogP contribution in [0.1, 0.15) is 46.5 Å². The zero-order valence-corrected chi connectivity index (χ0v) is 17.3. The van der Waals surface area contributed by atoms with Gasteiger partial charge in [-0.2, -0.15) is 0 Å². The zero-order valence-electron chi connectivity index (χ0n) is 17.3. The van der Waals surface area contributed by atoms with Crippen molar-refractivity contribution in [2.75, 3.05) is 13.1 Å². The SMILES string of the molecule is CCC(C)C(N)C(=O)NCC(=O)NC(C(=O)NC(CCCCN)C(=O)O)C(C)O. The number of carboxylic acids is 1. The van der Waals surface area contributed by atoms with Crippen molar-refractivity contribution in [2.24, 2.45) is 17.4 Å². The van der Waals surface area contributed by atoms with Crippen LogP contribution in [-0.4, -0.2) is 71.2 Å². The first-order chi connectivity index (χ1) is 13.5. The molecule has 3 amide bonds. The summed E-state index contributed by atoms with van der Waals surface area (Å²) in [6.45, 7) is 4.95. The first kappa shape index (κ1) is 26.8. The summed E-state index contributed by atoms with van der Waals surface area (Å²) in [4.78, 5) is 47.7. The smallest absolute Gasteiger partial charge is 0.326 e. The van der Waals surface area contributed by atoms with Crippen LogP contribution in [0.25, 0.3) is 0 Å². The van der Waals surface area contributed by atoms with Crippen molar-refractivity contribution < 1.29 is 29.4 Å². The van der Waals surface area contributed by atoms with E-state index in [4.69, 9.17) is 11.5 Å². The molecule has 0 aliphatic carbocycles. The Morgan fingerprint density at radius 2 is 1.66 bits per heavy atom. The highest BCUT2D eigenvalue weighted by atomic mass is 16.4. The molecule has 0 heterocycles. The van der Waals surface area contributed by atoms with Gasteiger partial charge in [0.15, 0.2) is 0 Å².